The van der Waals surface area contributed by atoms with Gasteiger partial charge in [-0.1, -0.05) is 13.3 Å². The fourth-order valence-corrected chi connectivity index (χ4v) is 2.01. The zero-order valence-electron chi connectivity index (χ0n) is 12.8. The molecule has 1 aromatic rings. The molecule has 1 rings (SSSR count). The van der Waals surface area contributed by atoms with Crippen LogP contribution in [0.4, 0.5) is 0 Å². The molecule has 0 bridgehead atoms. The minimum Gasteiger partial charge on any atom is -0.492 e. The lowest BCUT2D eigenvalue weighted by Gasteiger charge is -2.10. The summed E-state index contributed by atoms with van der Waals surface area (Å²) < 4.78 is 11.2. The molecule has 0 saturated heterocycles. The second-order valence-electron chi connectivity index (χ2n) is 4.49. The topological polar surface area (TPSA) is 76.7 Å². The summed E-state index contributed by atoms with van der Waals surface area (Å²) in [6.07, 6.45) is 2.03. The molecule has 0 aliphatic carbocycles. The van der Waals surface area contributed by atoms with Gasteiger partial charge < -0.3 is 9.47 Å². The highest BCUT2D eigenvalue weighted by Crippen LogP contribution is 2.26. The number of hydrogen-bond donors (Lipinski definition) is 2. The smallest absolute Gasteiger partial charge is 0.269 e. The zero-order valence-corrected chi connectivity index (χ0v) is 14.4. The largest absolute Gasteiger partial charge is 0.492 e. The van der Waals surface area contributed by atoms with Crippen molar-refractivity contribution in [1.29, 1.82) is 0 Å². The number of carbonyl (C=O) groups is 2. The lowest BCUT2D eigenvalue weighted by atomic mass is 10.2. The van der Waals surface area contributed by atoms with E-state index in [9.17, 15) is 9.59 Å². The van der Waals surface area contributed by atoms with Gasteiger partial charge in [0.05, 0.1) is 11.1 Å². The standard InChI is InChI=1S/C15H21BrN2O4/c1-3-5-8-22-13-7-6-11(9-12(13)16)15(20)18-17-14(19)10-21-4-2/h6-7,9H,3-5,8,10H2,1-2H3,(H,17,19)(H,18,20). The van der Waals surface area contributed by atoms with Crippen LogP contribution in [0.3, 0.4) is 0 Å². The monoisotopic (exact) mass is 372 g/mol. The van der Waals surface area contributed by atoms with Crippen LogP contribution in [0.2, 0.25) is 0 Å². The number of halogens is 1. The number of benzene rings is 1. The molecule has 0 aromatic heterocycles. The van der Waals surface area contributed by atoms with Crippen LogP contribution in [-0.2, 0) is 9.53 Å². The summed E-state index contributed by atoms with van der Waals surface area (Å²) in [5.74, 6) is -0.134. The molecule has 1 aromatic carbocycles. The van der Waals surface area contributed by atoms with E-state index in [2.05, 4.69) is 33.7 Å². The number of rotatable bonds is 8. The minimum absolute atomic E-state index is 0.0926. The molecule has 2 amide bonds. The van der Waals surface area contributed by atoms with Crippen molar-refractivity contribution in [1.82, 2.24) is 10.9 Å². The number of hydrogen-bond acceptors (Lipinski definition) is 4. The van der Waals surface area contributed by atoms with Gasteiger partial charge in [0.25, 0.3) is 11.8 Å². The Morgan fingerprint density at radius 1 is 1.23 bits per heavy atom. The van der Waals surface area contributed by atoms with E-state index in [1.165, 1.54) is 0 Å². The number of ether oxygens (including phenoxy) is 2. The number of carbonyl (C=O) groups excluding carboxylic acids is 2. The number of nitrogens with one attached hydrogen (secondary N) is 2. The molecule has 0 atom stereocenters. The van der Waals surface area contributed by atoms with Crippen molar-refractivity contribution in [2.45, 2.75) is 26.7 Å². The lowest BCUT2D eigenvalue weighted by Crippen LogP contribution is -2.43. The predicted molar refractivity (Wildman–Crippen MR) is 86.6 cm³/mol. The van der Waals surface area contributed by atoms with Crippen molar-refractivity contribution in [2.24, 2.45) is 0 Å². The summed E-state index contributed by atoms with van der Waals surface area (Å²) in [7, 11) is 0. The summed E-state index contributed by atoms with van der Waals surface area (Å²) in [6, 6.07) is 5.00. The first-order valence-corrected chi connectivity index (χ1v) is 7.97. The van der Waals surface area contributed by atoms with E-state index in [1.807, 2.05) is 0 Å². The van der Waals surface area contributed by atoms with Crippen LogP contribution in [0.1, 0.15) is 37.0 Å². The van der Waals surface area contributed by atoms with E-state index in [0.717, 1.165) is 12.8 Å². The highest BCUT2D eigenvalue weighted by atomic mass is 79.9. The average Bonchev–Trinajstić information content (AvgIpc) is 2.52. The molecule has 0 heterocycles. The highest BCUT2D eigenvalue weighted by molar-refractivity contribution is 9.10. The summed E-state index contributed by atoms with van der Waals surface area (Å²) in [6.45, 7) is 4.85. The van der Waals surface area contributed by atoms with Crippen molar-refractivity contribution >= 4 is 27.7 Å². The predicted octanol–water partition coefficient (Wildman–Crippen LogP) is 2.43. The second kappa shape index (κ2) is 10.2. The van der Waals surface area contributed by atoms with E-state index in [1.54, 1.807) is 25.1 Å². The van der Waals surface area contributed by atoms with E-state index in [0.29, 0.717) is 29.0 Å². The van der Waals surface area contributed by atoms with Crippen LogP contribution in [0.15, 0.2) is 22.7 Å². The Morgan fingerprint density at radius 3 is 2.64 bits per heavy atom. The molecule has 122 valence electrons. The van der Waals surface area contributed by atoms with Gasteiger partial charge in [-0.3, -0.25) is 20.4 Å². The van der Waals surface area contributed by atoms with Gasteiger partial charge in [0, 0.05) is 12.2 Å². The second-order valence-corrected chi connectivity index (χ2v) is 5.34. The molecular weight excluding hydrogens is 352 g/mol. The van der Waals surface area contributed by atoms with Crippen LogP contribution in [0.5, 0.6) is 5.75 Å². The van der Waals surface area contributed by atoms with E-state index in [4.69, 9.17) is 9.47 Å². The van der Waals surface area contributed by atoms with Crippen LogP contribution >= 0.6 is 15.9 Å². The molecule has 0 aliphatic rings. The normalized spacial score (nSPS) is 10.1. The van der Waals surface area contributed by atoms with Gasteiger partial charge in [0.1, 0.15) is 12.4 Å². The van der Waals surface area contributed by atoms with Crippen LogP contribution < -0.4 is 15.6 Å². The van der Waals surface area contributed by atoms with E-state index in [-0.39, 0.29) is 6.61 Å². The maximum absolute atomic E-state index is 11.9. The molecule has 0 radical (unpaired) electrons. The summed E-state index contributed by atoms with van der Waals surface area (Å²) in [4.78, 5) is 23.2. The maximum Gasteiger partial charge on any atom is 0.269 e. The van der Waals surface area contributed by atoms with Gasteiger partial charge in [-0.25, -0.2) is 0 Å². The fourth-order valence-electron chi connectivity index (χ4n) is 1.52. The molecule has 0 saturated carbocycles. The molecule has 0 unspecified atom stereocenters. The minimum atomic E-state index is -0.411. The number of hydrazine groups is 1. The quantitative estimate of drug-likeness (QED) is 0.542. The third-order valence-electron chi connectivity index (χ3n) is 2.70. The zero-order chi connectivity index (χ0) is 16.4. The Morgan fingerprint density at radius 2 is 2.00 bits per heavy atom. The van der Waals surface area contributed by atoms with Crippen molar-refractivity contribution in [3.05, 3.63) is 28.2 Å². The van der Waals surface area contributed by atoms with Crippen LogP contribution in [0, 0.1) is 0 Å². The molecule has 22 heavy (non-hydrogen) atoms. The third-order valence-corrected chi connectivity index (χ3v) is 3.32. The Kier molecular flexibility index (Phi) is 8.54. The molecule has 0 fully saturated rings. The molecule has 7 heteroatoms. The van der Waals surface area contributed by atoms with Crippen molar-refractivity contribution in [2.75, 3.05) is 19.8 Å². The Hall–Kier alpha value is -1.60. The van der Waals surface area contributed by atoms with Crippen LogP contribution in [-0.4, -0.2) is 31.6 Å². The fraction of sp³-hybridized carbons (Fsp3) is 0.467. The summed E-state index contributed by atoms with van der Waals surface area (Å²) >= 11 is 3.37. The summed E-state index contributed by atoms with van der Waals surface area (Å²) in [5.41, 5.74) is 5.02. The van der Waals surface area contributed by atoms with Gasteiger partial charge in [-0.15, -0.1) is 0 Å². The van der Waals surface area contributed by atoms with Crippen molar-refractivity contribution < 1.29 is 19.1 Å². The summed E-state index contributed by atoms with van der Waals surface area (Å²) in [5, 5.41) is 0. The third kappa shape index (κ3) is 6.44. The van der Waals surface area contributed by atoms with Crippen LogP contribution in [0.25, 0.3) is 0 Å². The SMILES string of the molecule is CCCCOc1ccc(C(=O)NNC(=O)COCC)cc1Br. The van der Waals surface area contributed by atoms with Gasteiger partial charge in [-0.05, 0) is 47.5 Å². The van der Waals surface area contributed by atoms with E-state index >= 15 is 0 Å². The number of amides is 2. The maximum atomic E-state index is 11.9. The van der Waals surface area contributed by atoms with E-state index < -0.39 is 11.8 Å². The highest BCUT2D eigenvalue weighted by Gasteiger charge is 2.10. The molecule has 0 spiro atoms. The Bertz CT molecular complexity index is 508. The Labute approximate surface area is 138 Å². The van der Waals surface area contributed by atoms with Crippen molar-refractivity contribution in [3.63, 3.8) is 0 Å². The molecule has 0 aliphatic heterocycles. The lowest BCUT2D eigenvalue weighted by molar-refractivity contribution is -0.126. The molecule has 6 nitrogen and oxygen atoms in total. The first kappa shape index (κ1) is 18.4. The van der Waals surface area contributed by atoms with Gasteiger partial charge >= 0.3 is 0 Å². The van der Waals surface area contributed by atoms with Gasteiger partial charge in [-0.2, -0.15) is 0 Å². The van der Waals surface area contributed by atoms with Gasteiger partial charge in [0.2, 0.25) is 0 Å². The number of unbranched alkanes of at least 4 members (excludes halogenated alkanes) is 1. The average molecular weight is 373 g/mol. The van der Waals surface area contributed by atoms with Gasteiger partial charge in [0.15, 0.2) is 0 Å². The first-order valence-electron chi connectivity index (χ1n) is 7.17. The molecule has 2 N–H and O–H groups in total. The Balaban J connectivity index is 2.52. The van der Waals surface area contributed by atoms with Crippen molar-refractivity contribution in [3.8, 4) is 5.75 Å². The molecular formula is C15H21BrN2O4. The first-order chi connectivity index (χ1) is 10.6.